The van der Waals surface area contributed by atoms with Gasteiger partial charge in [-0.05, 0) is 56.4 Å². The molecule has 1 aliphatic carbocycles. The number of ether oxygens (including phenoxy) is 1. The molecule has 2 N–H and O–H groups in total. The molecular formula is C48H50F2N14O3. The predicted molar refractivity (Wildman–Crippen MR) is 244 cm³/mol. The van der Waals surface area contributed by atoms with Crippen LogP contribution in [0.3, 0.4) is 0 Å². The maximum Gasteiger partial charge on any atom is 0.249 e. The minimum absolute atomic E-state index is 0.0968. The number of piperazine rings is 2. The van der Waals surface area contributed by atoms with Crippen LogP contribution < -0.4 is 20.4 Å². The minimum Gasteiger partial charge on any atom is -0.378 e. The van der Waals surface area contributed by atoms with Crippen molar-refractivity contribution in [1.82, 2.24) is 49.5 Å². The number of hydrogen-bond donors (Lipinski definition) is 2. The molecule has 3 atom stereocenters. The number of carbonyl (C=O) groups is 2. The van der Waals surface area contributed by atoms with Crippen molar-refractivity contribution >= 4 is 34.5 Å². The van der Waals surface area contributed by atoms with Crippen LogP contribution in [0.1, 0.15) is 55.8 Å². The average Bonchev–Trinajstić information content (AvgIpc) is 4.02. The van der Waals surface area contributed by atoms with E-state index in [1.165, 1.54) is 6.07 Å². The number of piperidine rings is 1. The number of hydrogen-bond acceptors (Lipinski definition) is 14. The van der Waals surface area contributed by atoms with E-state index < -0.39 is 23.6 Å². The van der Waals surface area contributed by atoms with Crippen LogP contribution in [0.5, 0.6) is 0 Å². The molecular weight excluding hydrogens is 859 g/mol. The Kier molecular flexibility index (Phi) is 11.5. The fourth-order valence-corrected chi connectivity index (χ4v) is 10.6. The second-order valence-electron chi connectivity index (χ2n) is 18.2. The number of anilines is 3. The summed E-state index contributed by atoms with van der Waals surface area (Å²) < 4.78 is 40.3. The number of aromatic nitrogens is 7. The van der Waals surface area contributed by atoms with Gasteiger partial charge in [-0.15, -0.1) is 0 Å². The summed E-state index contributed by atoms with van der Waals surface area (Å²) >= 11 is 0. The van der Waals surface area contributed by atoms with Crippen molar-refractivity contribution < 1.29 is 23.1 Å². The number of fused-ring (bicyclic) bond motifs is 3. The van der Waals surface area contributed by atoms with Crippen molar-refractivity contribution in [3.8, 4) is 28.6 Å². The van der Waals surface area contributed by atoms with Crippen LogP contribution >= 0.6 is 0 Å². The highest BCUT2D eigenvalue weighted by molar-refractivity contribution is 6.01. The van der Waals surface area contributed by atoms with Gasteiger partial charge in [-0.1, -0.05) is 6.07 Å². The molecule has 2 amide bonds. The summed E-state index contributed by atoms with van der Waals surface area (Å²) in [5, 5.41) is 24.4. The van der Waals surface area contributed by atoms with Crippen LogP contribution in [0.15, 0.2) is 79.6 Å². The zero-order valence-corrected chi connectivity index (χ0v) is 36.8. The summed E-state index contributed by atoms with van der Waals surface area (Å²) in [5.74, 6) is -1.23. The van der Waals surface area contributed by atoms with E-state index in [0.29, 0.717) is 54.8 Å². The first kappa shape index (κ1) is 42.7. The summed E-state index contributed by atoms with van der Waals surface area (Å²) in [6.45, 7) is 6.26. The molecule has 5 aromatic heterocycles. The van der Waals surface area contributed by atoms with Crippen molar-refractivity contribution in [2.45, 2.75) is 75.3 Å². The van der Waals surface area contributed by atoms with Crippen molar-refractivity contribution in [2.24, 2.45) is 0 Å². The minimum atomic E-state index is -0.804. The standard InChI is InChI=1S/C48H50F2N14O3/c49-38-18-43(39(50)17-41(38)56-40-9-11-45(65)58-48(40)66)60-15-13-59(14-16-60)34-5-7-35(8-6-34)63-23-32(22-54-63)42-27-64-47(31(19-51)21-55-64)46(57-42)30-4-10-44(53-20-30)61-25-36-28-67-29-37(26-61)62(36)24-33-3-1-2-12-52-33/h1-4,10,12,17-18,20-23,27,34-37,40,56H,5-9,11,13-16,24-26,28-29H2,(H,58,65,66). The monoisotopic (exact) mass is 908 g/mol. The number of carbonyl (C=O) groups excluding carboxylic acids is 2. The first-order valence-corrected chi connectivity index (χ1v) is 23.1. The van der Waals surface area contributed by atoms with Gasteiger partial charge in [0, 0.05) is 100 Å². The van der Waals surface area contributed by atoms with Gasteiger partial charge in [0.2, 0.25) is 11.8 Å². The number of benzene rings is 1. The molecule has 1 aromatic carbocycles. The highest BCUT2D eigenvalue weighted by Crippen LogP contribution is 2.36. The molecule has 9 heterocycles. The fraction of sp³-hybridized carbons (Fsp3) is 0.417. The number of pyridine rings is 2. The van der Waals surface area contributed by atoms with Crippen LogP contribution in [0.4, 0.5) is 26.0 Å². The molecule has 0 radical (unpaired) electrons. The Bertz CT molecular complexity index is 2820. The third-order valence-corrected chi connectivity index (χ3v) is 14.2. The number of imide groups is 1. The summed E-state index contributed by atoms with van der Waals surface area (Å²) in [5.41, 5.74) is 5.15. The van der Waals surface area contributed by atoms with Crippen molar-refractivity contribution in [1.29, 1.82) is 5.26 Å². The predicted octanol–water partition coefficient (Wildman–Crippen LogP) is 4.81. The van der Waals surface area contributed by atoms with Crippen LogP contribution in [-0.2, 0) is 20.9 Å². The summed E-state index contributed by atoms with van der Waals surface area (Å²) in [6, 6.07) is 14.9. The highest BCUT2D eigenvalue weighted by atomic mass is 19.1. The summed E-state index contributed by atoms with van der Waals surface area (Å²) in [6.07, 6.45) is 15.2. The van der Waals surface area contributed by atoms with E-state index in [1.54, 1.807) is 10.7 Å². The lowest BCUT2D eigenvalue weighted by molar-refractivity contribution is -0.133. The van der Waals surface area contributed by atoms with E-state index in [0.717, 1.165) is 87.1 Å². The van der Waals surface area contributed by atoms with Gasteiger partial charge in [-0.3, -0.25) is 34.4 Å². The van der Waals surface area contributed by atoms with Crippen molar-refractivity contribution in [2.75, 3.05) is 67.6 Å². The van der Waals surface area contributed by atoms with Crippen molar-refractivity contribution in [3.05, 3.63) is 103 Å². The Morgan fingerprint density at radius 1 is 0.821 bits per heavy atom. The maximum atomic E-state index is 15.4. The Balaban J connectivity index is 0.725. The molecule has 11 rings (SSSR count). The highest BCUT2D eigenvalue weighted by Gasteiger charge is 2.39. The van der Waals surface area contributed by atoms with Crippen LogP contribution in [0.2, 0.25) is 0 Å². The molecule has 67 heavy (non-hydrogen) atoms. The van der Waals surface area contributed by atoms with E-state index >= 15 is 8.78 Å². The summed E-state index contributed by atoms with van der Waals surface area (Å²) in [4.78, 5) is 47.5. The second-order valence-corrected chi connectivity index (χ2v) is 18.2. The molecule has 344 valence electrons. The number of nitrogens with zero attached hydrogens (tertiary/aromatic N) is 12. The fourth-order valence-electron chi connectivity index (χ4n) is 10.6. The molecule has 17 nitrogen and oxygen atoms in total. The quantitative estimate of drug-likeness (QED) is 0.179. The molecule has 1 saturated carbocycles. The summed E-state index contributed by atoms with van der Waals surface area (Å²) in [7, 11) is 0. The molecule has 2 bridgehead atoms. The zero-order chi connectivity index (χ0) is 45.6. The zero-order valence-electron chi connectivity index (χ0n) is 36.8. The van der Waals surface area contributed by atoms with E-state index in [1.807, 2.05) is 64.8 Å². The Hall–Kier alpha value is -6.88. The van der Waals surface area contributed by atoms with Crippen LogP contribution in [0.25, 0.3) is 28.0 Å². The third-order valence-electron chi connectivity index (χ3n) is 14.2. The van der Waals surface area contributed by atoms with E-state index in [9.17, 15) is 14.9 Å². The number of rotatable bonds is 10. The SMILES string of the molecule is N#Cc1cnn2cc(-c3cnn(C4CCC(N5CCN(c6cc(F)c(NC7CCC(=O)NC7=O)cc6F)CC5)CC4)c3)nc(-c3ccc(N4CC5COCC(C4)N5Cc4ccccn4)nc3)c12. The van der Waals surface area contributed by atoms with Gasteiger partial charge >= 0.3 is 0 Å². The van der Waals surface area contributed by atoms with Gasteiger partial charge in [0.15, 0.2) is 0 Å². The second kappa shape index (κ2) is 18.1. The number of halogens is 2. The van der Waals surface area contributed by atoms with Crippen LogP contribution in [-0.4, -0.2) is 133 Å². The maximum absolute atomic E-state index is 15.4. The molecule has 0 spiro atoms. The van der Waals surface area contributed by atoms with Crippen molar-refractivity contribution in [3.63, 3.8) is 0 Å². The molecule has 5 fully saturated rings. The van der Waals surface area contributed by atoms with E-state index in [2.05, 4.69) is 47.6 Å². The molecule has 4 aliphatic heterocycles. The number of amides is 2. The van der Waals surface area contributed by atoms with Gasteiger partial charge in [0.25, 0.3) is 0 Å². The lowest BCUT2D eigenvalue weighted by atomic mass is 9.90. The van der Waals surface area contributed by atoms with Gasteiger partial charge in [0.1, 0.15) is 40.6 Å². The molecule has 5 aliphatic rings. The van der Waals surface area contributed by atoms with Gasteiger partial charge in [-0.25, -0.2) is 23.3 Å². The average molecular weight is 909 g/mol. The van der Waals surface area contributed by atoms with E-state index in [4.69, 9.17) is 19.8 Å². The Morgan fingerprint density at radius 2 is 1.63 bits per heavy atom. The first-order chi connectivity index (χ1) is 32.7. The lowest BCUT2D eigenvalue weighted by Crippen LogP contribution is -2.64. The lowest BCUT2D eigenvalue weighted by Gasteiger charge is -2.50. The molecule has 6 aromatic rings. The Morgan fingerprint density at radius 3 is 2.36 bits per heavy atom. The molecule has 19 heteroatoms. The van der Waals surface area contributed by atoms with Gasteiger partial charge < -0.3 is 19.9 Å². The largest absolute Gasteiger partial charge is 0.378 e. The van der Waals surface area contributed by atoms with E-state index in [-0.39, 0.29) is 48.2 Å². The molecule has 4 saturated heterocycles. The van der Waals surface area contributed by atoms with Gasteiger partial charge in [0.05, 0.1) is 78.4 Å². The Labute approximate surface area is 385 Å². The van der Waals surface area contributed by atoms with Crippen LogP contribution in [0, 0.1) is 23.0 Å². The third kappa shape index (κ3) is 8.56. The number of morpholine rings is 1. The smallest absolute Gasteiger partial charge is 0.249 e. The topological polar surface area (TPSA) is 178 Å². The normalized spacial score (nSPS) is 23.9. The molecule has 3 unspecified atom stereocenters. The first-order valence-electron chi connectivity index (χ1n) is 23.1. The van der Waals surface area contributed by atoms with Gasteiger partial charge in [-0.2, -0.15) is 15.5 Å². The number of nitriles is 1. The number of nitrogens with one attached hydrogen (secondary N) is 2.